The van der Waals surface area contributed by atoms with Crippen molar-refractivity contribution in [3.05, 3.63) is 52.5 Å². The summed E-state index contributed by atoms with van der Waals surface area (Å²) < 4.78 is 27.4. The van der Waals surface area contributed by atoms with E-state index in [2.05, 4.69) is 20.7 Å². The predicted molar refractivity (Wildman–Crippen MR) is 89.4 cm³/mol. The number of carboxylic acids is 1. The molecule has 0 aliphatic carbocycles. The van der Waals surface area contributed by atoms with Crippen molar-refractivity contribution < 1.29 is 28.5 Å². The third kappa shape index (κ3) is 4.47. The van der Waals surface area contributed by atoms with E-state index >= 15 is 0 Å². The van der Waals surface area contributed by atoms with Crippen LogP contribution >= 0.6 is 15.9 Å². The fourth-order valence-electron chi connectivity index (χ4n) is 1.98. The normalized spacial score (nSPS) is 12.7. The Bertz CT molecular complexity index is 851. The lowest BCUT2D eigenvalue weighted by atomic mass is 10.1. The molecule has 0 bridgehead atoms. The molecule has 128 valence electrons. The van der Waals surface area contributed by atoms with E-state index in [0.717, 1.165) is 0 Å². The molecule has 2 rings (SSSR count). The van der Waals surface area contributed by atoms with E-state index in [-0.39, 0.29) is 17.1 Å². The van der Waals surface area contributed by atoms with Crippen LogP contribution in [0, 0.1) is 0 Å². The van der Waals surface area contributed by atoms with Crippen LogP contribution in [0.3, 0.4) is 0 Å². The van der Waals surface area contributed by atoms with Gasteiger partial charge in [0.05, 0.1) is 4.90 Å². The van der Waals surface area contributed by atoms with E-state index < -0.39 is 27.8 Å². The van der Waals surface area contributed by atoms with Gasteiger partial charge in [0.2, 0.25) is 10.0 Å². The molecule has 24 heavy (non-hydrogen) atoms. The first-order valence-corrected chi connectivity index (χ1v) is 8.98. The van der Waals surface area contributed by atoms with Crippen LogP contribution in [0.5, 0.6) is 11.5 Å². The summed E-state index contributed by atoms with van der Waals surface area (Å²) in [6.45, 7) is 0. The number of phenolic OH excluding ortho intramolecular Hbond substituents is 2. The van der Waals surface area contributed by atoms with Gasteiger partial charge in [-0.05, 0) is 48.4 Å². The van der Waals surface area contributed by atoms with Gasteiger partial charge in [-0.25, -0.2) is 8.42 Å². The lowest BCUT2D eigenvalue weighted by Gasteiger charge is -2.15. The molecular formula is C15H14BrNO6S. The fourth-order valence-corrected chi connectivity index (χ4v) is 3.43. The maximum Gasteiger partial charge on any atom is 0.322 e. The maximum atomic E-state index is 12.3. The topological polar surface area (TPSA) is 124 Å². The molecule has 2 aromatic carbocycles. The van der Waals surface area contributed by atoms with Crippen LogP contribution in [0.4, 0.5) is 0 Å². The van der Waals surface area contributed by atoms with Crippen LogP contribution in [0.2, 0.25) is 0 Å². The third-order valence-electron chi connectivity index (χ3n) is 3.20. The number of sulfonamides is 1. The lowest BCUT2D eigenvalue weighted by Crippen LogP contribution is -2.42. The smallest absolute Gasteiger partial charge is 0.322 e. The van der Waals surface area contributed by atoms with Gasteiger partial charge in [-0.2, -0.15) is 4.72 Å². The first kappa shape index (κ1) is 18.2. The van der Waals surface area contributed by atoms with Crippen LogP contribution in [-0.4, -0.2) is 35.7 Å². The van der Waals surface area contributed by atoms with Crippen LogP contribution in [0.15, 0.2) is 51.8 Å². The number of halogens is 1. The van der Waals surface area contributed by atoms with E-state index in [1.165, 1.54) is 42.5 Å². The molecule has 0 saturated carbocycles. The summed E-state index contributed by atoms with van der Waals surface area (Å²) in [5, 5.41) is 28.0. The number of hydrogen-bond acceptors (Lipinski definition) is 5. The van der Waals surface area contributed by atoms with Gasteiger partial charge in [-0.15, -0.1) is 0 Å². The van der Waals surface area contributed by atoms with E-state index in [0.29, 0.717) is 10.0 Å². The van der Waals surface area contributed by atoms with Gasteiger partial charge < -0.3 is 15.3 Å². The molecule has 0 amide bonds. The molecule has 0 aliphatic rings. The second-order valence-electron chi connectivity index (χ2n) is 4.99. The molecule has 7 nitrogen and oxygen atoms in total. The van der Waals surface area contributed by atoms with Crippen molar-refractivity contribution in [3.8, 4) is 11.5 Å². The summed E-state index contributed by atoms with van der Waals surface area (Å²) in [5.41, 5.74) is 0.358. The Morgan fingerprint density at radius 1 is 1.08 bits per heavy atom. The van der Waals surface area contributed by atoms with Gasteiger partial charge in [0.1, 0.15) is 6.04 Å². The quantitative estimate of drug-likeness (QED) is 0.533. The zero-order chi connectivity index (χ0) is 17.9. The fraction of sp³-hybridized carbons (Fsp3) is 0.133. The summed E-state index contributed by atoms with van der Waals surface area (Å²) in [6.07, 6.45) is -0.196. The summed E-state index contributed by atoms with van der Waals surface area (Å²) in [7, 11) is -4.02. The molecule has 1 unspecified atom stereocenters. The molecule has 9 heteroatoms. The Morgan fingerprint density at radius 2 is 1.71 bits per heavy atom. The minimum Gasteiger partial charge on any atom is -0.504 e. The summed E-state index contributed by atoms with van der Waals surface area (Å²) in [5.74, 6) is -2.11. The van der Waals surface area contributed by atoms with Crippen molar-refractivity contribution in [2.24, 2.45) is 0 Å². The average molecular weight is 416 g/mol. The highest BCUT2D eigenvalue weighted by Crippen LogP contribution is 2.25. The predicted octanol–water partition coefficient (Wildman–Crippen LogP) is 1.83. The zero-order valence-corrected chi connectivity index (χ0v) is 14.6. The molecule has 0 saturated heterocycles. The number of aromatic hydroxyl groups is 2. The van der Waals surface area contributed by atoms with Crippen molar-refractivity contribution in [1.29, 1.82) is 0 Å². The third-order valence-corrected chi connectivity index (χ3v) is 5.22. The average Bonchev–Trinajstić information content (AvgIpc) is 2.50. The van der Waals surface area contributed by atoms with Crippen molar-refractivity contribution in [2.75, 3.05) is 0 Å². The monoisotopic (exact) mass is 415 g/mol. The van der Waals surface area contributed by atoms with Gasteiger partial charge >= 0.3 is 5.97 Å². The van der Waals surface area contributed by atoms with Crippen molar-refractivity contribution in [2.45, 2.75) is 17.4 Å². The molecular weight excluding hydrogens is 402 g/mol. The minimum absolute atomic E-state index is 0.0643. The zero-order valence-electron chi connectivity index (χ0n) is 12.2. The van der Waals surface area contributed by atoms with Crippen LogP contribution in [0.25, 0.3) is 0 Å². The molecule has 0 spiro atoms. The van der Waals surface area contributed by atoms with Gasteiger partial charge in [0, 0.05) is 4.47 Å². The summed E-state index contributed by atoms with van der Waals surface area (Å²) in [6, 6.07) is 8.10. The van der Waals surface area contributed by atoms with Crippen molar-refractivity contribution >= 4 is 31.9 Å². The number of carboxylic acid groups (broad SMARTS) is 1. The number of nitrogens with one attached hydrogen (secondary N) is 1. The molecule has 0 aromatic heterocycles. The Labute approximate surface area is 146 Å². The summed E-state index contributed by atoms with van der Waals surface area (Å²) in [4.78, 5) is 11.3. The second-order valence-corrected chi connectivity index (χ2v) is 7.62. The minimum atomic E-state index is -4.02. The van der Waals surface area contributed by atoms with Crippen molar-refractivity contribution in [1.82, 2.24) is 4.72 Å². The summed E-state index contributed by atoms with van der Waals surface area (Å²) >= 11 is 3.19. The standard InChI is InChI=1S/C15H14BrNO6S/c16-10-2-4-11(5-3-10)24(22,23)17-12(15(20)21)7-9-1-6-13(18)14(19)8-9/h1-6,8,12,17-19H,7H2,(H,20,21). The highest BCUT2D eigenvalue weighted by atomic mass is 79.9. The number of hydrogen-bond donors (Lipinski definition) is 4. The Balaban J connectivity index is 2.23. The van der Waals surface area contributed by atoms with Crippen LogP contribution in [0.1, 0.15) is 5.56 Å². The first-order chi connectivity index (χ1) is 11.2. The van der Waals surface area contributed by atoms with Gasteiger partial charge in [-0.1, -0.05) is 22.0 Å². The molecule has 2 aromatic rings. The van der Waals surface area contributed by atoms with E-state index in [1.807, 2.05) is 0 Å². The Kier molecular flexibility index (Phi) is 5.47. The molecule has 0 fully saturated rings. The Hall–Kier alpha value is -2.10. The van der Waals surface area contributed by atoms with E-state index in [9.17, 15) is 28.5 Å². The van der Waals surface area contributed by atoms with E-state index in [1.54, 1.807) is 0 Å². The number of carbonyl (C=O) groups is 1. The van der Waals surface area contributed by atoms with E-state index in [4.69, 9.17) is 0 Å². The van der Waals surface area contributed by atoms with Crippen LogP contribution < -0.4 is 4.72 Å². The van der Waals surface area contributed by atoms with Crippen molar-refractivity contribution in [3.63, 3.8) is 0 Å². The number of rotatable bonds is 6. The lowest BCUT2D eigenvalue weighted by molar-refractivity contribution is -0.138. The first-order valence-electron chi connectivity index (χ1n) is 6.70. The largest absolute Gasteiger partial charge is 0.504 e. The van der Waals surface area contributed by atoms with Gasteiger partial charge in [0.15, 0.2) is 11.5 Å². The van der Waals surface area contributed by atoms with Gasteiger partial charge in [-0.3, -0.25) is 4.79 Å². The van der Waals surface area contributed by atoms with Crippen LogP contribution in [-0.2, 0) is 21.2 Å². The SMILES string of the molecule is O=C(O)C(Cc1ccc(O)c(O)c1)NS(=O)(=O)c1ccc(Br)cc1. The second kappa shape index (κ2) is 7.20. The number of aliphatic carboxylic acids is 1. The molecule has 0 aliphatic heterocycles. The molecule has 4 N–H and O–H groups in total. The highest BCUT2D eigenvalue weighted by Gasteiger charge is 2.26. The number of benzene rings is 2. The number of phenols is 2. The highest BCUT2D eigenvalue weighted by molar-refractivity contribution is 9.10. The molecule has 0 heterocycles. The Morgan fingerprint density at radius 3 is 2.25 bits per heavy atom. The van der Waals surface area contributed by atoms with Gasteiger partial charge in [0.25, 0.3) is 0 Å². The molecule has 1 atom stereocenters. The maximum absolute atomic E-state index is 12.3. The molecule has 0 radical (unpaired) electrons.